The Hall–Kier alpha value is -2.21. The van der Waals surface area contributed by atoms with Gasteiger partial charge in [-0.25, -0.2) is 4.63 Å². The van der Waals surface area contributed by atoms with Crippen molar-refractivity contribution in [3.05, 3.63) is 29.8 Å². The molecule has 0 radical (unpaired) electrons. The average molecular weight is 287 g/mol. The lowest BCUT2D eigenvalue weighted by molar-refractivity contribution is -0.123. The molecule has 3 rings (SSSR count). The molecule has 1 aromatic heterocycles. The summed E-state index contributed by atoms with van der Waals surface area (Å²) < 4.78 is 10.1. The van der Waals surface area contributed by atoms with Crippen LogP contribution in [-0.4, -0.2) is 29.4 Å². The molecule has 1 aliphatic rings. The summed E-state index contributed by atoms with van der Waals surface area (Å²) in [5, 5.41) is 10.5. The van der Waals surface area contributed by atoms with Crippen LogP contribution in [0.4, 0.5) is 5.82 Å². The maximum atomic E-state index is 12.2. The first kappa shape index (κ1) is 13.8. The fourth-order valence-electron chi connectivity index (χ4n) is 2.34. The van der Waals surface area contributed by atoms with E-state index in [1.165, 1.54) is 0 Å². The van der Waals surface area contributed by atoms with Crippen molar-refractivity contribution in [3.63, 3.8) is 0 Å². The van der Waals surface area contributed by atoms with Crippen LogP contribution in [0.3, 0.4) is 0 Å². The monoisotopic (exact) mass is 287 g/mol. The number of aromatic nitrogens is 2. The molecule has 6 heteroatoms. The van der Waals surface area contributed by atoms with Gasteiger partial charge in [0.15, 0.2) is 5.69 Å². The number of carbonyl (C=O) groups excluding carboxylic acids is 1. The standard InChI is InChI=1S/C15H17N3O3/c1-10-4-6-11(7-5-10)13-14(18-21-17-13)16-15(19)12-3-2-8-20-9-12/h4-7,12H,2-3,8-9H2,1H3,(H,16,18,19). The SMILES string of the molecule is Cc1ccc(-c2nonc2NC(=O)C2CCCOC2)cc1. The van der Waals surface area contributed by atoms with Gasteiger partial charge in [0, 0.05) is 12.2 Å². The van der Waals surface area contributed by atoms with Crippen LogP contribution in [0.2, 0.25) is 0 Å². The molecule has 1 amide bonds. The lowest BCUT2D eigenvalue weighted by atomic mass is 10.0. The highest BCUT2D eigenvalue weighted by atomic mass is 16.6. The molecule has 2 aromatic rings. The van der Waals surface area contributed by atoms with Crippen LogP contribution in [0, 0.1) is 12.8 Å². The third kappa shape index (κ3) is 3.11. The summed E-state index contributed by atoms with van der Waals surface area (Å²) >= 11 is 0. The number of nitrogens with zero attached hydrogens (tertiary/aromatic N) is 2. The van der Waals surface area contributed by atoms with E-state index < -0.39 is 0 Å². The number of anilines is 1. The molecule has 1 N–H and O–H groups in total. The lowest BCUT2D eigenvalue weighted by Crippen LogP contribution is -2.30. The van der Waals surface area contributed by atoms with Gasteiger partial charge in [-0.1, -0.05) is 29.8 Å². The Labute approximate surface area is 122 Å². The first-order valence-corrected chi connectivity index (χ1v) is 7.02. The molecule has 0 bridgehead atoms. The van der Waals surface area contributed by atoms with Gasteiger partial charge in [-0.05, 0) is 30.1 Å². The van der Waals surface area contributed by atoms with Gasteiger partial charge in [-0.15, -0.1) is 0 Å². The maximum Gasteiger partial charge on any atom is 0.231 e. The summed E-state index contributed by atoms with van der Waals surface area (Å²) in [5.74, 6) is 0.120. The van der Waals surface area contributed by atoms with Crippen LogP contribution < -0.4 is 5.32 Å². The number of hydrogen-bond donors (Lipinski definition) is 1. The second-order valence-corrected chi connectivity index (χ2v) is 5.23. The fraction of sp³-hybridized carbons (Fsp3) is 0.400. The Kier molecular flexibility index (Phi) is 3.96. The van der Waals surface area contributed by atoms with Gasteiger partial charge < -0.3 is 10.1 Å². The molecule has 0 spiro atoms. The number of aryl methyl sites for hydroxylation is 1. The Balaban J connectivity index is 1.76. The summed E-state index contributed by atoms with van der Waals surface area (Å²) in [6.07, 6.45) is 1.73. The van der Waals surface area contributed by atoms with Crippen molar-refractivity contribution in [3.8, 4) is 11.3 Å². The number of hydrogen-bond acceptors (Lipinski definition) is 5. The molecule has 0 saturated carbocycles. The van der Waals surface area contributed by atoms with Gasteiger partial charge >= 0.3 is 0 Å². The van der Waals surface area contributed by atoms with E-state index in [9.17, 15) is 4.79 Å². The van der Waals surface area contributed by atoms with Crippen LogP contribution >= 0.6 is 0 Å². The highest BCUT2D eigenvalue weighted by Crippen LogP contribution is 2.25. The van der Waals surface area contributed by atoms with Gasteiger partial charge in [-0.2, -0.15) is 0 Å². The van der Waals surface area contributed by atoms with E-state index in [2.05, 4.69) is 15.6 Å². The molecule has 1 atom stereocenters. The van der Waals surface area contributed by atoms with Crippen LogP contribution in [-0.2, 0) is 9.53 Å². The number of carbonyl (C=O) groups is 1. The first-order valence-electron chi connectivity index (χ1n) is 7.02. The maximum absolute atomic E-state index is 12.2. The number of amides is 1. The summed E-state index contributed by atoms with van der Waals surface area (Å²) in [6.45, 7) is 3.19. The predicted molar refractivity (Wildman–Crippen MR) is 76.6 cm³/mol. The van der Waals surface area contributed by atoms with Crippen molar-refractivity contribution < 1.29 is 14.2 Å². The molecule has 1 unspecified atom stereocenters. The zero-order valence-corrected chi connectivity index (χ0v) is 11.8. The zero-order valence-electron chi connectivity index (χ0n) is 11.8. The largest absolute Gasteiger partial charge is 0.381 e. The summed E-state index contributed by atoms with van der Waals surface area (Å²) in [7, 11) is 0. The molecule has 21 heavy (non-hydrogen) atoms. The Bertz CT molecular complexity index is 615. The minimum Gasteiger partial charge on any atom is -0.381 e. The molecular formula is C15H17N3O3. The minimum absolute atomic E-state index is 0.0984. The second kappa shape index (κ2) is 6.05. The van der Waals surface area contributed by atoms with Crippen molar-refractivity contribution in [2.24, 2.45) is 5.92 Å². The Morgan fingerprint density at radius 3 is 2.81 bits per heavy atom. The van der Waals surface area contributed by atoms with Gasteiger partial charge in [-0.3, -0.25) is 4.79 Å². The summed E-state index contributed by atoms with van der Waals surface area (Å²) in [4.78, 5) is 12.2. The number of nitrogens with one attached hydrogen (secondary N) is 1. The Morgan fingerprint density at radius 2 is 2.10 bits per heavy atom. The third-order valence-corrected chi connectivity index (χ3v) is 3.59. The highest BCUT2D eigenvalue weighted by Gasteiger charge is 2.24. The van der Waals surface area contributed by atoms with E-state index in [1.54, 1.807) is 0 Å². The van der Waals surface area contributed by atoms with Crippen molar-refractivity contribution in [2.75, 3.05) is 18.5 Å². The molecule has 110 valence electrons. The van der Waals surface area contributed by atoms with E-state index in [1.807, 2.05) is 31.2 Å². The molecule has 6 nitrogen and oxygen atoms in total. The van der Waals surface area contributed by atoms with Crippen LogP contribution in [0.25, 0.3) is 11.3 Å². The van der Waals surface area contributed by atoms with Crippen LogP contribution in [0.5, 0.6) is 0 Å². The summed E-state index contributed by atoms with van der Waals surface area (Å²) in [5.41, 5.74) is 2.55. The predicted octanol–water partition coefficient (Wildman–Crippen LogP) is 2.41. The van der Waals surface area contributed by atoms with Gasteiger partial charge in [0.2, 0.25) is 11.7 Å². The van der Waals surface area contributed by atoms with Gasteiger partial charge in [0.05, 0.1) is 12.5 Å². The van der Waals surface area contributed by atoms with E-state index in [0.29, 0.717) is 18.1 Å². The molecule has 0 aliphatic carbocycles. The molecule has 1 fully saturated rings. The summed E-state index contributed by atoms with van der Waals surface area (Å²) in [6, 6.07) is 7.80. The van der Waals surface area contributed by atoms with Gasteiger partial charge in [0.25, 0.3) is 0 Å². The third-order valence-electron chi connectivity index (χ3n) is 3.59. The highest BCUT2D eigenvalue weighted by molar-refractivity contribution is 5.94. The fourth-order valence-corrected chi connectivity index (χ4v) is 2.34. The molecule has 1 aromatic carbocycles. The van der Waals surface area contributed by atoms with E-state index >= 15 is 0 Å². The number of benzene rings is 1. The van der Waals surface area contributed by atoms with Gasteiger partial charge in [0.1, 0.15) is 0 Å². The van der Waals surface area contributed by atoms with Crippen molar-refractivity contribution in [1.29, 1.82) is 0 Å². The van der Waals surface area contributed by atoms with E-state index in [4.69, 9.17) is 9.37 Å². The average Bonchev–Trinajstić information content (AvgIpc) is 2.97. The minimum atomic E-state index is -0.138. The zero-order chi connectivity index (χ0) is 14.7. The molecule has 1 aliphatic heterocycles. The second-order valence-electron chi connectivity index (χ2n) is 5.23. The van der Waals surface area contributed by atoms with Crippen LogP contribution in [0.15, 0.2) is 28.9 Å². The van der Waals surface area contributed by atoms with Crippen LogP contribution in [0.1, 0.15) is 18.4 Å². The Morgan fingerprint density at radius 1 is 1.29 bits per heavy atom. The van der Waals surface area contributed by atoms with Crippen molar-refractivity contribution in [2.45, 2.75) is 19.8 Å². The quantitative estimate of drug-likeness (QED) is 0.938. The normalized spacial score (nSPS) is 18.4. The molecular weight excluding hydrogens is 270 g/mol. The van der Waals surface area contributed by atoms with Crippen molar-refractivity contribution >= 4 is 11.7 Å². The van der Waals surface area contributed by atoms with E-state index in [0.717, 1.165) is 30.6 Å². The molecule has 1 saturated heterocycles. The topological polar surface area (TPSA) is 77.3 Å². The molecule has 2 heterocycles. The number of ether oxygens (including phenoxy) is 1. The number of rotatable bonds is 3. The first-order chi connectivity index (χ1) is 10.2. The van der Waals surface area contributed by atoms with Crippen molar-refractivity contribution in [1.82, 2.24) is 10.3 Å². The smallest absolute Gasteiger partial charge is 0.231 e. The lowest BCUT2D eigenvalue weighted by Gasteiger charge is -2.20. The van der Waals surface area contributed by atoms with E-state index in [-0.39, 0.29) is 11.8 Å².